The molecule has 0 N–H and O–H groups in total. The summed E-state index contributed by atoms with van der Waals surface area (Å²) in [6, 6.07) is 106. The van der Waals surface area contributed by atoms with Gasteiger partial charge >= 0.3 is 0 Å². The van der Waals surface area contributed by atoms with Crippen molar-refractivity contribution in [1.82, 2.24) is 0 Å². The summed E-state index contributed by atoms with van der Waals surface area (Å²) in [7, 11) is 0. The minimum Gasteiger partial charge on any atom is -0.456 e. The Morgan fingerprint density at radius 2 is 0.724 bits per heavy atom. The predicted octanol–water partition coefficient (Wildman–Crippen LogP) is 19.1. The molecule has 2 heteroatoms. The fraction of sp³-hybridized carbons (Fsp3) is 0.0270. The molecule has 3 aliphatic rings. The lowest BCUT2D eigenvalue weighted by Gasteiger charge is -2.37. The summed E-state index contributed by atoms with van der Waals surface area (Å²) >= 11 is 0. The normalized spacial score (nSPS) is 15.0. The van der Waals surface area contributed by atoms with E-state index in [0.29, 0.717) is 0 Å². The van der Waals surface area contributed by atoms with Crippen LogP contribution >= 0.6 is 0 Å². The van der Waals surface area contributed by atoms with Gasteiger partial charge in [0.25, 0.3) is 0 Å². The average molecular weight is 966 g/mol. The van der Waals surface area contributed by atoms with Crippen LogP contribution in [0.4, 0.5) is 17.1 Å². The molecule has 0 aliphatic heterocycles. The van der Waals surface area contributed by atoms with Crippen LogP contribution in [0.1, 0.15) is 44.5 Å². The number of para-hydroxylation sites is 1. The molecular formula is C74H47NO. The third-order valence-electron chi connectivity index (χ3n) is 17.0. The van der Waals surface area contributed by atoms with Gasteiger partial charge in [-0.25, -0.2) is 0 Å². The van der Waals surface area contributed by atoms with Crippen molar-refractivity contribution in [2.75, 3.05) is 4.90 Å². The summed E-state index contributed by atoms with van der Waals surface area (Å²) in [5.41, 5.74) is 26.3. The third kappa shape index (κ3) is 5.81. The first-order valence-corrected chi connectivity index (χ1v) is 26.4. The van der Waals surface area contributed by atoms with Crippen LogP contribution in [-0.2, 0) is 10.8 Å². The molecule has 0 fully saturated rings. The monoisotopic (exact) mass is 965 g/mol. The SMILES string of the molecule is c1ccc(-c2ccc(C3(c4ccccc4-c4ccccc4)c4ccccc4-c4ccc(N(c5ccc6oc7ccccc7c6c5)c5cccc6c5-c5ccccc5C65c6ccccc6-c6ccccc65)cc43)cc2)cc1. The van der Waals surface area contributed by atoms with Crippen molar-refractivity contribution in [3.8, 4) is 55.6 Å². The fourth-order valence-electron chi connectivity index (χ4n) is 14.0. The molecular weight excluding hydrogens is 919 g/mol. The Morgan fingerprint density at radius 3 is 1.39 bits per heavy atom. The molecule has 354 valence electrons. The van der Waals surface area contributed by atoms with E-state index in [1.165, 1.54) is 100 Å². The van der Waals surface area contributed by atoms with Crippen LogP contribution in [0.3, 0.4) is 0 Å². The van der Waals surface area contributed by atoms with Gasteiger partial charge in [0, 0.05) is 27.7 Å². The van der Waals surface area contributed by atoms with E-state index in [1.807, 2.05) is 0 Å². The van der Waals surface area contributed by atoms with Crippen LogP contribution in [0.25, 0.3) is 77.6 Å². The Labute approximate surface area is 442 Å². The molecule has 0 amide bonds. The second-order valence-electron chi connectivity index (χ2n) is 20.6. The Bertz CT molecular complexity index is 4420. The molecule has 1 heterocycles. The van der Waals surface area contributed by atoms with Crippen LogP contribution < -0.4 is 4.90 Å². The van der Waals surface area contributed by atoms with E-state index >= 15 is 0 Å². The summed E-state index contributed by atoms with van der Waals surface area (Å²) in [5.74, 6) is 0. The van der Waals surface area contributed by atoms with Crippen molar-refractivity contribution >= 4 is 39.0 Å². The number of hydrogen-bond acceptors (Lipinski definition) is 2. The summed E-state index contributed by atoms with van der Waals surface area (Å²) < 4.78 is 6.54. The first-order valence-electron chi connectivity index (χ1n) is 26.4. The van der Waals surface area contributed by atoms with Crippen molar-refractivity contribution in [3.05, 3.63) is 330 Å². The minimum absolute atomic E-state index is 0.507. The van der Waals surface area contributed by atoms with Gasteiger partial charge in [-0.2, -0.15) is 0 Å². The first-order chi connectivity index (χ1) is 37.7. The van der Waals surface area contributed by atoms with E-state index < -0.39 is 10.8 Å². The highest BCUT2D eigenvalue weighted by Gasteiger charge is 2.53. The van der Waals surface area contributed by atoms with Crippen LogP contribution in [0, 0.1) is 0 Å². The van der Waals surface area contributed by atoms with Crippen molar-refractivity contribution < 1.29 is 4.42 Å². The summed E-state index contributed by atoms with van der Waals surface area (Å²) in [6.07, 6.45) is 0. The van der Waals surface area contributed by atoms with Gasteiger partial charge in [0.15, 0.2) is 0 Å². The fourth-order valence-corrected chi connectivity index (χ4v) is 14.0. The number of hydrogen-bond donors (Lipinski definition) is 0. The summed E-state index contributed by atoms with van der Waals surface area (Å²) in [5, 5.41) is 2.18. The second-order valence-corrected chi connectivity index (χ2v) is 20.6. The van der Waals surface area contributed by atoms with Crippen LogP contribution in [0.15, 0.2) is 290 Å². The van der Waals surface area contributed by atoms with Gasteiger partial charge in [-0.1, -0.05) is 243 Å². The van der Waals surface area contributed by atoms with E-state index in [1.54, 1.807) is 0 Å². The zero-order valence-electron chi connectivity index (χ0n) is 41.5. The Kier molecular flexibility index (Phi) is 9.20. The maximum atomic E-state index is 6.54. The molecule has 0 bridgehead atoms. The molecule has 0 saturated carbocycles. The topological polar surface area (TPSA) is 16.4 Å². The summed E-state index contributed by atoms with van der Waals surface area (Å²) in [6.45, 7) is 0. The van der Waals surface area contributed by atoms with Gasteiger partial charge in [0.2, 0.25) is 0 Å². The van der Waals surface area contributed by atoms with Crippen LogP contribution in [0.5, 0.6) is 0 Å². The van der Waals surface area contributed by atoms with E-state index in [9.17, 15) is 0 Å². The van der Waals surface area contributed by atoms with Crippen molar-refractivity contribution in [3.63, 3.8) is 0 Å². The maximum Gasteiger partial charge on any atom is 0.135 e. The molecule has 2 nitrogen and oxygen atoms in total. The lowest BCUT2D eigenvalue weighted by molar-refractivity contribution is 0.669. The van der Waals surface area contributed by atoms with Gasteiger partial charge in [0.05, 0.1) is 16.5 Å². The van der Waals surface area contributed by atoms with E-state index in [4.69, 9.17) is 4.42 Å². The van der Waals surface area contributed by atoms with Crippen molar-refractivity contribution in [1.29, 1.82) is 0 Å². The molecule has 1 unspecified atom stereocenters. The zero-order valence-corrected chi connectivity index (χ0v) is 41.5. The lowest BCUT2D eigenvalue weighted by atomic mass is 9.65. The Morgan fingerprint density at radius 1 is 0.263 bits per heavy atom. The molecule has 0 radical (unpaired) electrons. The van der Waals surface area contributed by atoms with E-state index in [0.717, 1.165) is 39.0 Å². The Hall–Kier alpha value is -9.76. The Balaban J connectivity index is 1.00. The number of fused-ring (bicyclic) bond motifs is 16. The molecule has 1 atom stereocenters. The number of nitrogens with zero attached hydrogens (tertiary/aromatic N) is 1. The quantitative estimate of drug-likeness (QED) is 0.158. The molecule has 16 rings (SSSR count). The van der Waals surface area contributed by atoms with Crippen molar-refractivity contribution in [2.24, 2.45) is 0 Å². The third-order valence-corrected chi connectivity index (χ3v) is 17.0. The molecule has 1 aromatic heterocycles. The smallest absolute Gasteiger partial charge is 0.135 e. The highest BCUT2D eigenvalue weighted by Crippen LogP contribution is 2.65. The second kappa shape index (κ2) is 16.4. The van der Waals surface area contributed by atoms with Crippen LogP contribution in [0.2, 0.25) is 0 Å². The number of furan rings is 1. The van der Waals surface area contributed by atoms with Gasteiger partial charge in [0.1, 0.15) is 11.2 Å². The number of anilines is 3. The van der Waals surface area contributed by atoms with Crippen molar-refractivity contribution in [2.45, 2.75) is 10.8 Å². The maximum absolute atomic E-state index is 6.54. The standard InChI is InChI=1S/C74H47NO/c1-3-20-48(21-4-1)49-38-40-51(41-39-49)73(62-30-13-7-24-54(62)50-22-5-2-6-23-50)63-31-14-8-27-57(63)58-44-42-53(47-68(58)73)75(52-43-45-71-61(46-52)59-28-12-18-37-70(59)76-71)69-36-19-35-67-72(69)60-29-11-17-34-66(60)74(67)64-32-15-9-25-55(64)56-26-10-16-33-65(56)74/h1-47H. The van der Waals surface area contributed by atoms with Gasteiger partial charge < -0.3 is 9.32 Å². The van der Waals surface area contributed by atoms with E-state index in [-0.39, 0.29) is 0 Å². The average Bonchev–Trinajstić information content (AvgIpc) is 4.22. The zero-order chi connectivity index (χ0) is 50.0. The summed E-state index contributed by atoms with van der Waals surface area (Å²) in [4.78, 5) is 2.54. The first kappa shape index (κ1) is 42.7. The minimum atomic E-state index is -0.716. The largest absolute Gasteiger partial charge is 0.456 e. The molecule has 76 heavy (non-hydrogen) atoms. The molecule has 3 aliphatic carbocycles. The molecule has 1 spiro atoms. The highest BCUT2D eigenvalue weighted by atomic mass is 16.3. The highest BCUT2D eigenvalue weighted by molar-refractivity contribution is 6.08. The molecule has 0 saturated heterocycles. The van der Waals surface area contributed by atoms with E-state index in [2.05, 4.69) is 290 Å². The van der Waals surface area contributed by atoms with Crippen LogP contribution in [-0.4, -0.2) is 0 Å². The number of benzene rings is 12. The predicted molar refractivity (Wildman–Crippen MR) is 313 cm³/mol. The van der Waals surface area contributed by atoms with Gasteiger partial charge in [-0.15, -0.1) is 0 Å². The lowest BCUT2D eigenvalue weighted by Crippen LogP contribution is -2.29. The van der Waals surface area contributed by atoms with Gasteiger partial charge in [-0.05, 0) is 137 Å². The molecule has 12 aromatic carbocycles. The number of rotatable bonds is 7. The molecule has 13 aromatic rings. The van der Waals surface area contributed by atoms with Gasteiger partial charge in [-0.3, -0.25) is 0 Å².